The van der Waals surface area contributed by atoms with Gasteiger partial charge in [-0.3, -0.25) is 14.9 Å². The van der Waals surface area contributed by atoms with E-state index >= 15 is 0 Å². The van der Waals surface area contributed by atoms with E-state index in [0.717, 1.165) is 6.21 Å². The minimum Gasteiger partial charge on any atom is -0.400 e. The maximum absolute atomic E-state index is 10.6. The van der Waals surface area contributed by atoms with E-state index in [-0.39, 0.29) is 17.5 Å². The molecule has 1 rings (SSSR count). The van der Waals surface area contributed by atoms with E-state index in [1.54, 1.807) is 0 Å². The van der Waals surface area contributed by atoms with Crippen molar-refractivity contribution in [3.8, 4) is 0 Å². The molecule has 1 heterocycles. The van der Waals surface area contributed by atoms with Crippen molar-refractivity contribution in [3.63, 3.8) is 0 Å². The van der Waals surface area contributed by atoms with Crippen LogP contribution in [0.25, 0.3) is 0 Å². The van der Waals surface area contributed by atoms with E-state index in [9.17, 15) is 14.9 Å². The predicted molar refractivity (Wildman–Crippen MR) is 51.8 cm³/mol. The number of carbonyl (C=O) groups excluding carboxylic acids is 1. The second kappa shape index (κ2) is 5.11. The summed E-state index contributed by atoms with van der Waals surface area (Å²) < 4.78 is 4.73. The third-order valence-electron chi connectivity index (χ3n) is 1.29. The van der Waals surface area contributed by atoms with Gasteiger partial charge < -0.3 is 4.42 Å². The molecule has 0 saturated carbocycles. The van der Waals surface area contributed by atoms with Gasteiger partial charge in [0.05, 0.1) is 12.3 Å². The van der Waals surface area contributed by atoms with E-state index in [1.807, 2.05) is 0 Å². The fourth-order valence-electron chi connectivity index (χ4n) is 0.707. The first-order valence-corrected chi connectivity index (χ1v) is 4.29. The number of hydrogen-bond acceptors (Lipinski definition) is 5. The minimum absolute atomic E-state index is 0.163. The number of hydrogen-bond donors (Lipinski definition) is 1. The molecule has 0 unspecified atom stereocenters. The van der Waals surface area contributed by atoms with Gasteiger partial charge in [0.1, 0.15) is 10.8 Å². The van der Waals surface area contributed by atoms with Gasteiger partial charge in [-0.1, -0.05) is 0 Å². The monoisotopic (exact) mass is 231 g/mol. The molecule has 0 fully saturated rings. The summed E-state index contributed by atoms with van der Waals surface area (Å²) in [4.78, 5) is 20.2. The van der Waals surface area contributed by atoms with Gasteiger partial charge in [-0.05, 0) is 6.07 Å². The maximum Gasteiger partial charge on any atom is 0.433 e. The third kappa shape index (κ3) is 3.39. The van der Waals surface area contributed by atoms with Crippen LogP contribution in [0.1, 0.15) is 5.76 Å². The van der Waals surface area contributed by atoms with Gasteiger partial charge in [0.25, 0.3) is 5.91 Å². The molecule has 0 atom stereocenters. The number of nitrogens with one attached hydrogen (secondary N) is 1. The van der Waals surface area contributed by atoms with Gasteiger partial charge >= 0.3 is 5.88 Å². The standard InChI is InChI=1S/C7H6ClN3O4/c8-3-6(12)10-9-4-5-1-2-7(15-5)11(13)14/h1-2,4H,3H2,(H,10,12)/b9-4+. The van der Waals surface area contributed by atoms with Gasteiger partial charge in [-0.15, -0.1) is 11.6 Å². The molecular formula is C7H6ClN3O4. The fourth-order valence-corrected chi connectivity index (χ4v) is 0.767. The van der Waals surface area contributed by atoms with E-state index in [0.29, 0.717) is 0 Å². The van der Waals surface area contributed by atoms with Crippen LogP contribution in [0.5, 0.6) is 0 Å². The molecule has 1 N–H and O–H groups in total. The van der Waals surface area contributed by atoms with Crippen LogP contribution in [0, 0.1) is 10.1 Å². The summed E-state index contributed by atoms with van der Waals surface area (Å²) >= 11 is 5.18. The predicted octanol–water partition coefficient (Wildman–Crippen LogP) is 0.877. The molecule has 0 aromatic carbocycles. The van der Waals surface area contributed by atoms with Crippen molar-refractivity contribution in [3.05, 3.63) is 28.0 Å². The highest BCUT2D eigenvalue weighted by molar-refractivity contribution is 6.27. The minimum atomic E-state index is -0.672. The Bertz CT molecular complexity index is 401. The quantitative estimate of drug-likeness (QED) is 0.360. The van der Waals surface area contributed by atoms with Crippen molar-refractivity contribution in [2.45, 2.75) is 0 Å². The summed E-state index contributed by atoms with van der Waals surface area (Å²) in [5.41, 5.74) is 2.09. The molecule has 8 heteroatoms. The van der Waals surface area contributed by atoms with Crippen LogP contribution in [-0.4, -0.2) is 22.9 Å². The van der Waals surface area contributed by atoms with E-state index < -0.39 is 10.8 Å². The number of rotatable bonds is 4. The Hall–Kier alpha value is -1.89. The fraction of sp³-hybridized carbons (Fsp3) is 0.143. The normalized spacial score (nSPS) is 10.5. The number of nitrogens with zero attached hydrogens (tertiary/aromatic N) is 2. The summed E-state index contributed by atoms with van der Waals surface area (Å²) in [6.07, 6.45) is 1.14. The smallest absolute Gasteiger partial charge is 0.400 e. The average Bonchev–Trinajstić information content (AvgIpc) is 2.66. The maximum atomic E-state index is 10.6. The lowest BCUT2D eigenvalue weighted by Crippen LogP contribution is -2.18. The second-order valence-corrected chi connectivity index (χ2v) is 2.63. The number of alkyl halides is 1. The van der Waals surface area contributed by atoms with Gasteiger partial charge in [-0.2, -0.15) is 5.10 Å². The summed E-state index contributed by atoms with van der Waals surface area (Å²) in [6, 6.07) is 2.54. The Morgan fingerprint density at radius 2 is 2.47 bits per heavy atom. The molecule has 80 valence electrons. The molecule has 0 aliphatic rings. The van der Waals surface area contributed by atoms with Crippen molar-refractivity contribution >= 4 is 29.6 Å². The zero-order valence-electron chi connectivity index (χ0n) is 7.34. The van der Waals surface area contributed by atoms with Crippen LogP contribution in [0.4, 0.5) is 5.88 Å². The molecule has 1 aromatic rings. The molecule has 0 spiro atoms. The zero-order valence-corrected chi connectivity index (χ0v) is 8.10. The Labute approximate surface area is 88.9 Å². The summed E-state index contributed by atoms with van der Waals surface area (Å²) in [7, 11) is 0. The molecule has 0 bridgehead atoms. The van der Waals surface area contributed by atoms with Crippen LogP contribution in [0.3, 0.4) is 0 Å². The molecule has 0 aliphatic heterocycles. The Kier molecular flexibility index (Phi) is 3.81. The molecule has 7 nitrogen and oxygen atoms in total. The van der Waals surface area contributed by atoms with Crippen LogP contribution < -0.4 is 5.43 Å². The number of halogens is 1. The Morgan fingerprint density at radius 3 is 3.00 bits per heavy atom. The van der Waals surface area contributed by atoms with Crippen LogP contribution in [0.15, 0.2) is 21.7 Å². The molecule has 0 aliphatic carbocycles. The highest BCUT2D eigenvalue weighted by Crippen LogP contribution is 2.13. The SMILES string of the molecule is O=C(CCl)N/N=C/c1ccc([N+](=O)[O-])o1. The molecule has 0 radical (unpaired) electrons. The lowest BCUT2D eigenvalue weighted by atomic mass is 10.5. The molecule has 1 amide bonds. The van der Waals surface area contributed by atoms with Crippen molar-refractivity contribution in [2.24, 2.45) is 5.10 Å². The Morgan fingerprint density at radius 1 is 1.73 bits per heavy atom. The molecule has 0 saturated heterocycles. The van der Waals surface area contributed by atoms with Crippen molar-refractivity contribution < 1.29 is 14.1 Å². The van der Waals surface area contributed by atoms with Gasteiger partial charge in [-0.25, -0.2) is 5.43 Å². The third-order valence-corrected chi connectivity index (χ3v) is 1.54. The summed E-state index contributed by atoms with van der Waals surface area (Å²) in [5, 5.41) is 13.7. The van der Waals surface area contributed by atoms with Crippen molar-refractivity contribution in [1.82, 2.24) is 5.43 Å². The highest BCUT2D eigenvalue weighted by Gasteiger charge is 2.10. The van der Waals surface area contributed by atoms with Crippen LogP contribution in [0.2, 0.25) is 0 Å². The van der Waals surface area contributed by atoms with Crippen LogP contribution >= 0.6 is 11.6 Å². The average molecular weight is 232 g/mol. The first-order valence-electron chi connectivity index (χ1n) is 3.75. The summed E-state index contributed by atoms with van der Waals surface area (Å²) in [5.74, 6) is -0.916. The zero-order chi connectivity index (χ0) is 11.3. The van der Waals surface area contributed by atoms with E-state index in [2.05, 4.69) is 10.5 Å². The first-order chi connectivity index (χ1) is 7.13. The van der Waals surface area contributed by atoms with E-state index in [1.165, 1.54) is 12.1 Å². The Balaban J connectivity index is 2.57. The van der Waals surface area contributed by atoms with Gasteiger partial charge in [0, 0.05) is 0 Å². The lowest BCUT2D eigenvalue weighted by Gasteiger charge is -1.90. The number of carbonyl (C=O) groups is 1. The summed E-state index contributed by atoms with van der Waals surface area (Å²) in [6.45, 7) is 0. The number of hydrazone groups is 1. The first kappa shape index (κ1) is 11.2. The largest absolute Gasteiger partial charge is 0.433 e. The highest BCUT2D eigenvalue weighted by atomic mass is 35.5. The van der Waals surface area contributed by atoms with E-state index in [4.69, 9.17) is 16.0 Å². The molecule has 1 aromatic heterocycles. The lowest BCUT2D eigenvalue weighted by molar-refractivity contribution is -0.402. The van der Waals surface area contributed by atoms with Gasteiger partial charge in [0.2, 0.25) is 0 Å². The molecule has 15 heavy (non-hydrogen) atoms. The van der Waals surface area contributed by atoms with Crippen LogP contribution in [-0.2, 0) is 4.79 Å². The topological polar surface area (TPSA) is 97.7 Å². The number of nitro groups is 1. The molecular weight excluding hydrogens is 226 g/mol. The number of amides is 1. The number of furan rings is 1. The second-order valence-electron chi connectivity index (χ2n) is 2.36. The van der Waals surface area contributed by atoms with Gasteiger partial charge in [0.15, 0.2) is 5.76 Å². The van der Waals surface area contributed by atoms with Crippen molar-refractivity contribution in [1.29, 1.82) is 0 Å². The van der Waals surface area contributed by atoms with Crippen molar-refractivity contribution in [2.75, 3.05) is 5.88 Å².